The van der Waals surface area contributed by atoms with Crippen LogP contribution in [0, 0.1) is 0 Å². The third-order valence-electron chi connectivity index (χ3n) is 19.0. The van der Waals surface area contributed by atoms with Gasteiger partial charge in [-0.3, -0.25) is 19.2 Å². The van der Waals surface area contributed by atoms with Gasteiger partial charge in [-0.2, -0.15) is 0 Å². The number of benzene rings is 14. The molecule has 2 heterocycles. The van der Waals surface area contributed by atoms with E-state index in [2.05, 4.69) is 220 Å². The van der Waals surface area contributed by atoms with Gasteiger partial charge < -0.3 is 9.47 Å². The maximum absolute atomic E-state index is 14.1. The highest BCUT2D eigenvalue weighted by atomic mass is 31.2. The third kappa shape index (κ3) is 12.2. The van der Waals surface area contributed by atoms with Crippen LogP contribution in [0.1, 0.15) is 66.4 Å². The lowest BCUT2D eigenvalue weighted by Gasteiger charge is -2.28. The van der Waals surface area contributed by atoms with Crippen molar-refractivity contribution in [3.8, 4) is 34.1 Å². The zero-order valence-corrected chi connectivity index (χ0v) is 57.3. The summed E-state index contributed by atoms with van der Waals surface area (Å²) in [6.07, 6.45) is 0. The summed E-state index contributed by atoms with van der Waals surface area (Å²) < 4.78 is 12.4. The zero-order valence-electron chi connectivity index (χ0n) is 55.5. The predicted molar refractivity (Wildman–Crippen MR) is 415 cm³/mol. The van der Waals surface area contributed by atoms with E-state index < -0.39 is 14.5 Å². The molecule has 0 aromatic heterocycles. The van der Waals surface area contributed by atoms with Crippen LogP contribution in [0.4, 0.5) is 11.4 Å². The van der Waals surface area contributed by atoms with Crippen LogP contribution in [0.3, 0.4) is 0 Å². The number of carbonyl (C=O) groups is 4. The second-order valence-electron chi connectivity index (χ2n) is 25.3. The van der Waals surface area contributed by atoms with Gasteiger partial charge in [0.2, 0.25) is 0 Å². The Bertz CT molecular complexity index is 5130. The highest BCUT2D eigenvalue weighted by molar-refractivity contribution is 8.02. The number of carbonyl (C=O) groups excluding carboxylic acids is 4. The van der Waals surface area contributed by atoms with Gasteiger partial charge in [0.25, 0.3) is 23.6 Å². The Morgan fingerprint density at radius 1 is 0.238 bits per heavy atom. The summed E-state index contributed by atoms with van der Waals surface area (Å²) in [7, 11) is -4.86. The molecule has 101 heavy (non-hydrogen) atoms. The highest BCUT2D eigenvalue weighted by Gasteiger charge is 2.50. The molecule has 486 valence electrons. The second kappa shape index (κ2) is 28.0. The van der Waals surface area contributed by atoms with Gasteiger partial charge in [-0.05, 0) is 180 Å². The first-order valence-electron chi connectivity index (χ1n) is 33.6. The fraction of sp³-hybridized carbons (Fsp3) is 0.0330. The lowest BCUT2D eigenvalue weighted by Crippen LogP contribution is -2.39. The van der Waals surface area contributed by atoms with Crippen LogP contribution < -0.4 is 61.7 Å². The van der Waals surface area contributed by atoms with Crippen molar-refractivity contribution in [1.29, 1.82) is 0 Å². The number of nitrogens with zero attached hydrogens (tertiary/aromatic N) is 2. The quantitative estimate of drug-likeness (QED) is 0.0666. The molecule has 0 spiro atoms. The van der Waals surface area contributed by atoms with E-state index in [-0.39, 0.29) is 29.0 Å². The number of rotatable bonds is 17. The van der Waals surface area contributed by atoms with Gasteiger partial charge in [-0.15, -0.1) is 0 Å². The van der Waals surface area contributed by atoms with Crippen LogP contribution in [0.15, 0.2) is 376 Å². The molecule has 0 saturated heterocycles. The minimum Gasteiger partial charge on any atom is -0.457 e. The van der Waals surface area contributed by atoms with Crippen LogP contribution in [0.5, 0.6) is 23.0 Å². The number of ether oxygens (including phenoxy) is 2. The Balaban J connectivity index is 0.000000164. The number of hydrogen-bond acceptors (Lipinski definition) is 6. The normalized spacial score (nSPS) is 12.7. The van der Waals surface area contributed by atoms with Gasteiger partial charge in [-0.1, -0.05) is 220 Å². The van der Waals surface area contributed by atoms with Crippen molar-refractivity contribution in [3.63, 3.8) is 0 Å². The van der Waals surface area contributed by atoms with E-state index in [0.717, 1.165) is 27.3 Å². The van der Waals surface area contributed by atoms with Crippen LogP contribution in [-0.2, 0) is 5.41 Å². The average Bonchev–Trinajstić information content (AvgIpc) is 1.53. The molecule has 14 aromatic carbocycles. The van der Waals surface area contributed by atoms with E-state index in [9.17, 15) is 19.2 Å². The zero-order chi connectivity index (χ0) is 68.9. The summed E-state index contributed by atoms with van der Waals surface area (Å²) in [6.45, 7) is 4.41. The van der Waals surface area contributed by atoms with Crippen molar-refractivity contribution in [3.05, 3.63) is 409 Å². The Morgan fingerprint density at radius 3 is 0.851 bits per heavy atom. The molecule has 16 rings (SSSR count). The van der Waals surface area contributed by atoms with Crippen molar-refractivity contribution >= 4 is 92.0 Å². The summed E-state index contributed by atoms with van der Waals surface area (Å²) in [5, 5.41) is 9.21. The summed E-state index contributed by atoms with van der Waals surface area (Å²) in [6, 6.07) is 126. The summed E-state index contributed by atoms with van der Waals surface area (Å²) in [4.78, 5) is 58.6. The Hall–Kier alpha value is -12.2. The molecule has 0 aliphatic carbocycles. The van der Waals surface area contributed by atoms with Gasteiger partial charge in [0.05, 0.1) is 33.6 Å². The van der Waals surface area contributed by atoms with E-state index in [1.54, 1.807) is 36.4 Å². The molecule has 0 atom stereocenters. The summed E-state index contributed by atoms with van der Waals surface area (Å²) in [5.41, 5.74) is 6.86. The molecule has 2 aliphatic rings. The molecule has 0 saturated carbocycles. The fourth-order valence-corrected chi connectivity index (χ4v) is 22.6. The van der Waals surface area contributed by atoms with Crippen molar-refractivity contribution in [1.82, 2.24) is 0 Å². The molecule has 2 aliphatic heterocycles. The van der Waals surface area contributed by atoms with E-state index in [0.29, 0.717) is 56.6 Å². The molecular formula is C91H68N2O6P2+2. The average molecular weight is 1350 g/mol. The van der Waals surface area contributed by atoms with Gasteiger partial charge in [0, 0.05) is 17.5 Å². The molecule has 14 aromatic rings. The highest BCUT2D eigenvalue weighted by Crippen LogP contribution is 2.56. The van der Waals surface area contributed by atoms with Crippen molar-refractivity contribution < 1.29 is 28.7 Å². The number of amides is 4. The van der Waals surface area contributed by atoms with Gasteiger partial charge in [-0.25, -0.2) is 9.80 Å². The molecule has 0 unspecified atom stereocenters. The Kier molecular flexibility index (Phi) is 17.9. The van der Waals surface area contributed by atoms with Crippen molar-refractivity contribution in [2.45, 2.75) is 19.3 Å². The van der Waals surface area contributed by atoms with E-state index >= 15 is 0 Å². The number of fused-ring (bicyclic) bond motifs is 2. The largest absolute Gasteiger partial charge is 0.457 e. The minimum atomic E-state index is -2.43. The second-order valence-corrected chi connectivity index (χ2v) is 32.1. The van der Waals surface area contributed by atoms with Gasteiger partial charge in [0.1, 0.15) is 80.0 Å². The van der Waals surface area contributed by atoms with Crippen LogP contribution in [0.25, 0.3) is 11.1 Å². The van der Waals surface area contributed by atoms with Crippen LogP contribution in [-0.4, -0.2) is 23.6 Å². The van der Waals surface area contributed by atoms with Gasteiger partial charge in [0.15, 0.2) is 0 Å². The first-order valence-corrected chi connectivity index (χ1v) is 37.1. The fourth-order valence-electron chi connectivity index (χ4n) is 14.0. The lowest BCUT2D eigenvalue weighted by molar-refractivity contribution is 0.0910. The molecule has 0 fully saturated rings. The van der Waals surface area contributed by atoms with Gasteiger partial charge >= 0.3 is 0 Å². The maximum Gasteiger partial charge on any atom is 0.266 e. The first-order chi connectivity index (χ1) is 49.5. The standard InChI is InChI=1S/C47H37NO3P.C44H31NO3P/c1-47(2,34-16-7-3-8-17-34)35-26-28-37(29-27-35)51-38-30-31-43-44(33-38)46(50)48(45(43)49)36-18-15-25-42(32-36)52(39-19-9-4-10-20-39,40-21-11-5-12-22-40)41-23-13-6-14-24-41;46-43-41-29-28-36(48-35-26-24-33(25-27-35)32-14-5-1-6-15-32)31-42(41)44(47)45(43)34-16-13-23-40(30-34)49(37-17-7-2-8-18-37,38-19-9-3-10-20-38)39-21-11-4-12-22-39/h3-33H,1-2H3;1-31H/q2*+1. The number of imide groups is 2. The Labute approximate surface area is 589 Å². The monoisotopic (exact) mass is 1350 g/mol. The smallest absolute Gasteiger partial charge is 0.266 e. The summed E-state index contributed by atoms with van der Waals surface area (Å²) in [5.74, 6) is 0.841. The third-order valence-corrected chi connectivity index (χ3v) is 27.6. The van der Waals surface area contributed by atoms with Crippen LogP contribution >= 0.6 is 14.5 Å². The van der Waals surface area contributed by atoms with E-state index in [1.165, 1.54) is 47.2 Å². The molecule has 0 N–H and O–H groups in total. The van der Waals surface area contributed by atoms with E-state index in [1.807, 2.05) is 133 Å². The lowest BCUT2D eigenvalue weighted by atomic mass is 9.78. The molecule has 4 amide bonds. The molecule has 10 heteroatoms. The maximum atomic E-state index is 14.1. The Morgan fingerprint density at radius 2 is 0.505 bits per heavy atom. The molecule has 0 bridgehead atoms. The number of hydrogen-bond donors (Lipinski definition) is 0. The molecular weight excluding hydrogens is 1280 g/mol. The summed E-state index contributed by atoms with van der Waals surface area (Å²) >= 11 is 0. The topological polar surface area (TPSA) is 93.2 Å². The molecule has 0 radical (unpaired) electrons. The van der Waals surface area contributed by atoms with E-state index in [4.69, 9.17) is 9.47 Å². The van der Waals surface area contributed by atoms with Crippen molar-refractivity contribution in [2.24, 2.45) is 0 Å². The first kappa shape index (κ1) is 64.8. The minimum absolute atomic E-state index is 0.175. The van der Waals surface area contributed by atoms with Crippen molar-refractivity contribution in [2.75, 3.05) is 9.80 Å². The SMILES string of the molecule is CC(C)(c1ccccc1)c1ccc(Oc2ccc3c(c2)C(=O)N(c2cccc([P+](c4ccccc4)(c4ccccc4)c4ccccc4)c2)C3=O)cc1.O=C1c2ccc(Oc3ccc(-c4ccccc4)cc3)cc2C(=O)N1c1cccc([P+](c2ccccc2)(c2ccccc2)c2ccccc2)c1. The van der Waals surface area contributed by atoms with Crippen LogP contribution in [0.2, 0.25) is 0 Å². The predicted octanol–water partition coefficient (Wildman–Crippen LogP) is 17.8. The number of anilines is 2. The molecule has 8 nitrogen and oxygen atoms in total.